The highest BCUT2D eigenvalue weighted by Gasteiger charge is 2.24. The first kappa shape index (κ1) is 13.0. The molecule has 1 amide bonds. The van der Waals surface area contributed by atoms with Gasteiger partial charge in [0, 0.05) is 30.4 Å². The molecule has 4 heteroatoms. The van der Waals surface area contributed by atoms with Gasteiger partial charge in [-0.15, -0.1) is 0 Å². The molecule has 2 heterocycles. The van der Waals surface area contributed by atoms with Gasteiger partial charge >= 0.3 is 0 Å². The molecule has 1 aromatic rings. The summed E-state index contributed by atoms with van der Waals surface area (Å²) in [6, 6.07) is 6.13. The lowest BCUT2D eigenvalue weighted by Crippen LogP contribution is -2.43. The maximum absolute atomic E-state index is 11.9. The fourth-order valence-corrected chi connectivity index (χ4v) is 2.50. The Kier molecular flexibility index (Phi) is 4.31. The molecule has 18 heavy (non-hydrogen) atoms. The second kappa shape index (κ2) is 5.96. The van der Waals surface area contributed by atoms with Gasteiger partial charge in [-0.1, -0.05) is 6.07 Å². The number of carbonyl (C=O) groups is 1. The van der Waals surface area contributed by atoms with Crippen LogP contribution in [0.5, 0.6) is 0 Å². The van der Waals surface area contributed by atoms with Crippen LogP contribution in [0.1, 0.15) is 30.1 Å². The van der Waals surface area contributed by atoms with Crippen LogP contribution in [0.3, 0.4) is 0 Å². The van der Waals surface area contributed by atoms with E-state index in [-0.39, 0.29) is 5.91 Å². The standard InChI is InChI=1S/C14H21N3O/c1-11-5-3-7-13(16-11)12-6-4-8-17(10-12)14(18)9-15-2/h3,5,7,12,15H,4,6,8-10H2,1-2H3. The minimum Gasteiger partial charge on any atom is -0.341 e. The number of aromatic nitrogens is 1. The van der Waals surface area contributed by atoms with E-state index in [9.17, 15) is 4.79 Å². The van der Waals surface area contributed by atoms with E-state index in [2.05, 4.69) is 16.4 Å². The molecule has 1 saturated heterocycles. The van der Waals surface area contributed by atoms with Crippen LogP contribution >= 0.6 is 0 Å². The molecule has 0 spiro atoms. The second-order valence-electron chi connectivity index (χ2n) is 4.91. The van der Waals surface area contributed by atoms with E-state index in [1.54, 1.807) is 7.05 Å². The topological polar surface area (TPSA) is 45.2 Å². The first-order valence-corrected chi connectivity index (χ1v) is 6.56. The van der Waals surface area contributed by atoms with Gasteiger partial charge in [0.15, 0.2) is 0 Å². The van der Waals surface area contributed by atoms with Gasteiger partial charge in [0.1, 0.15) is 0 Å². The summed E-state index contributed by atoms with van der Waals surface area (Å²) in [4.78, 5) is 18.4. The van der Waals surface area contributed by atoms with E-state index in [1.165, 1.54) is 0 Å². The van der Waals surface area contributed by atoms with Crippen LogP contribution in [0, 0.1) is 6.92 Å². The molecule has 1 fully saturated rings. The van der Waals surface area contributed by atoms with Gasteiger partial charge in [-0.3, -0.25) is 9.78 Å². The third-order valence-electron chi connectivity index (χ3n) is 3.43. The molecule has 1 unspecified atom stereocenters. The number of hydrogen-bond donors (Lipinski definition) is 1. The lowest BCUT2D eigenvalue weighted by molar-refractivity contribution is -0.131. The normalized spacial score (nSPS) is 19.9. The Morgan fingerprint density at radius 2 is 2.39 bits per heavy atom. The molecule has 1 aliphatic rings. The minimum absolute atomic E-state index is 0.190. The van der Waals surface area contributed by atoms with Crippen LogP contribution in [0.15, 0.2) is 18.2 Å². The highest BCUT2D eigenvalue weighted by atomic mass is 16.2. The average Bonchev–Trinajstić information content (AvgIpc) is 2.39. The van der Waals surface area contributed by atoms with Gasteiger partial charge < -0.3 is 10.2 Å². The number of hydrogen-bond acceptors (Lipinski definition) is 3. The molecular formula is C14H21N3O. The molecule has 0 bridgehead atoms. The molecule has 2 rings (SSSR count). The maximum atomic E-state index is 11.9. The van der Waals surface area contributed by atoms with Crippen LogP contribution in [0.25, 0.3) is 0 Å². The van der Waals surface area contributed by atoms with Gasteiger partial charge in [0.2, 0.25) is 5.91 Å². The van der Waals surface area contributed by atoms with E-state index in [0.29, 0.717) is 12.5 Å². The van der Waals surface area contributed by atoms with Crippen LogP contribution in [0.2, 0.25) is 0 Å². The zero-order chi connectivity index (χ0) is 13.0. The molecule has 0 radical (unpaired) electrons. The van der Waals surface area contributed by atoms with Gasteiger partial charge in [0.05, 0.1) is 6.54 Å². The Morgan fingerprint density at radius 1 is 1.56 bits per heavy atom. The van der Waals surface area contributed by atoms with E-state index >= 15 is 0 Å². The van der Waals surface area contributed by atoms with Crippen molar-refractivity contribution in [1.29, 1.82) is 0 Å². The van der Waals surface area contributed by atoms with E-state index in [1.807, 2.05) is 24.0 Å². The van der Waals surface area contributed by atoms with Crippen molar-refractivity contribution in [2.75, 3.05) is 26.7 Å². The van der Waals surface area contributed by atoms with Gasteiger partial charge in [0.25, 0.3) is 0 Å². The monoisotopic (exact) mass is 247 g/mol. The number of rotatable bonds is 3. The Labute approximate surface area is 108 Å². The van der Waals surface area contributed by atoms with Crippen molar-refractivity contribution in [3.8, 4) is 0 Å². The van der Waals surface area contributed by atoms with Crippen LogP contribution in [-0.4, -0.2) is 42.5 Å². The van der Waals surface area contributed by atoms with Crippen molar-refractivity contribution >= 4 is 5.91 Å². The summed E-state index contributed by atoms with van der Waals surface area (Å²) < 4.78 is 0. The summed E-state index contributed by atoms with van der Waals surface area (Å²) in [5.74, 6) is 0.578. The molecule has 0 aromatic carbocycles. The van der Waals surface area contributed by atoms with Gasteiger partial charge in [-0.25, -0.2) is 0 Å². The van der Waals surface area contributed by atoms with Crippen molar-refractivity contribution in [2.45, 2.75) is 25.7 Å². The highest BCUT2D eigenvalue weighted by Crippen LogP contribution is 2.25. The number of likely N-dealkylation sites (tertiary alicyclic amines) is 1. The lowest BCUT2D eigenvalue weighted by Gasteiger charge is -2.32. The quantitative estimate of drug-likeness (QED) is 0.876. The molecule has 1 aliphatic heterocycles. The third kappa shape index (κ3) is 3.07. The SMILES string of the molecule is CNCC(=O)N1CCCC(c2cccc(C)n2)C1. The number of piperidine rings is 1. The summed E-state index contributed by atoms with van der Waals surface area (Å²) in [6.45, 7) is 4.12. The molecule has 98 valence electrons. The molecule has 1 atom stereocenters. The summed E-state index contributed by atoms with van der Waals surface area (Å²) in [5, 5.41) is 2.92. The van der Waals surface area contributed by atoms with Crippen molar-refractivity contribution in [1.82, 2.24) is 15.2 Å². The Bertz CT molecular complexity index is 419. The molecule has 1 aromatic heterocycles. The number of pyridine rings is 1. The van der Waals surface area contributed by atoms with E-state index in [0.717, 1.165) is 37.3 Å². The van der Waals surface area contributed by atoms with Crippen LogP contribution in [-0.2, 0) is 4.79 Å². The smallest absolute Gasteiger partial charge is 0.236 e. The lowest BCUT2D eigenvalue weighted by atomic mass is 9.94. The number of aryl methyl sites for hydroxylation is 1. The van der Waals surface area contributed by atoms with Crippen molar-refractivity contribution in [3.05, 3.63) is 29.6 Å². The fourth-order valence-electron chi connectivity index (χ4n) is 2.50. The highest BCUT2D eigenvalue weighted by molar-refractivity contribution is 5.78. The zero-order valence-electron chi connectivity index (χ0n) is 11.1. The van der Waals surface area contributed by atoms with Crippen molar-refractivity contribution < 1.29 is 4.79 Å². The van der Waals surface area contributed by atoms with Crippen LogP contribution in [0.4, 0.5) is 0 Å². The minimum atomic E-state index is 0.190. The Morgan fingerprint density at radius 3 is 3.11 bits per heavy atom. The Hall–Kier alpha value is -1.42. The number of likely N-dealkylation sites (N-methyl/N-ethyl adjacent to an activating group) is 1. The predicted octanol–water partition coefficient (Wildman–Crippen LogP) is 1.32. The number of nitrogens with zero attached hydrogens (tertiary/aromatic N) is 2. The van der Waals surface area contributed by atoms with E-state index < -0.39 is 0 Å². The first-order valence-electron chi connectivity index (χ1n) is 6.56. The summed E-state index contributed by atoms with van der Waals surface area (Å²) in [7, 11) is 1.81. The maximum Gasteiger partial charge on any atom is 0.236 e. The molecule has 0 saturated carbocycles. The summed E-state index contributed by atoms with van der Waals surface area (Å²) in [6.07, 6.45) is 2.19. The van der Waals surface area contributed by atoms with Crippen molar-refractivity contribution in [3.63, 3.8) is 0 Å². The summed E-state index contributed by atoms with van der Waals surface area (Å²) in [5.41, 5.74) is 2.17. The average molecular weight is 247 g/mol. The van der Waals surface area contributed by atoms with Crippen molar-refractivity contribution in [2.24, 2.45) is 0 Å². The largest absolute Gasteiger partial charge is 0.341 e. The van der Waals surface area contributed by atoms with Crippen LogP contribution < -0.4 is 5.32 Å². The molecule has 1 N–H and O–H groups in total. The number of amides is 1. The zero-order valence-corrected chi connectivity index (χ0v) is 11.1. The van der Waals surface area contributed by atoms with Gasteiger partial charge in [-0.05, 0) is 38.9 Å². The van der Waals surface area contributed by atoms with E-state index in [4.69, 9.17) is 0 Å². The second-order valence-corrected chi connectivity index (χ2v) is 4.91. The molecule has 0 aliphatic carbocycles. The first-order chi connectivity index (χ1) is 8.70. The summed E-state index contributed by atoms with van der Waals surface area (Å²) >= 11 is 0. The molecule has 4 nitrogen and oxygen atoms in total. The molecular weight excluding hydrogens is 226 g/mol. The number of carbonyl (C=O) groups excluding carboxylic acids is 1. The van der Waals surface area contributed by atoms with Gasteiger partial charge in [-0.2, -0.15) is 0 Å². The fraction of sp³-hybridized carbons (Fsp3) is 0.571. The third-order valence-corrected chi connectivity index (χ3v) is 3.43. The number of nitrogens with one attached hydrogen (secondary N) is 1. The predicted molar refractivity (Wildman–Crippen MR) is 71.5 cm³/mol. The Balaban J connectivity index is 2.04.